The second-order valence-corrected chi connectivity index (χ2v) is 4.49. The van der Waals surface area contributed by atoms with Crippen molar-refractivity contribution in [2.75, 3.05) is 25.0 Å². The van der Waals surface area contributed by atoms with Gasteiger partial charge in [-0.05, 0) is 25.5 Å². The van der Waals surface area contributed by atoms with Crippen LogP contribution in [0.1, 0.15) is 36.3 Å². The highest BCUT2D eigenvalue weighted by molar-refractivity contribution is 5.95. The fourth-order valence-electron chi connectivity index (χ4n) is 1.92. The number of hydrogen-bond acceptors (Lipinski definition) is 5. The van der Waals surface area contributed by atoms with E-state index in [4.69, 9.17) is 10.5 Å². The predicted molar refractivity (Wildman–Crippen MR) is 79.5 cm³/mol. The Morgan fingerprint density at radius 3 is 2.48 bits per heavy atom. The molecule has 6 nitrogen and oxygen atoms in total. The van der Waals surface area contributed by atoms with Gasteiger partial charge in [-0.3, -0.25) is 4.79 Å². The molecule has 0 fully saturated rings. The number of carbonyl (C=O) groups is 1. The van der Waals surface area contributed by atoms with Crippen molar-refractivity contribution in [1.29, 1.82) is 10.5 Å². The lowest BCUT2D eigenvalue weighted by molar-refractivity contribution is 0.0794. The zero-order valence-electron chi connectivity index (χ0n) is 12.4. The van der Waals surface area contributed by atoms with Crippen molar-refractivity contribution in [3.63, 3.8) is 0 Å². The molecule has 6 heteroatoms. The minimum Gasteiger partial charge on any atom is -0.370 e. The number of amides is 1. The number of carbonyl (C=O) groups excluding carboxylic acids is 1. The van der Waals surface area contributed by atoms with E-state index in [1.807, 2.05) is 26.0 Å². The van der Waals surface area contributed by atoms with Gasteiger partial charge >= 0.3 is 0 Å². The Labute approximate surface area is 125 Å². The van der Waals surface area contributed by atoms with E-state index in [2.05, 4.69) is 10.3 Å². The van der Waals surface area contributed by atoms with Crippen LogP contribution in [0, 0.1) is 22.7 Å². The van der Waals surface area contributed by atoms with Crippen molar-refractivity contribution in [3.8, 4) is 12.1 Å². The molecule has 1 aromatic heterocycles. The largest absolute Gasteiger partial charge is 0.370 e. The number of rotatable bonds is 7. The molecule has 1 heterocycles. The molecule has 1 amide bonds. The fourth-order valence-corrected chi connectivity index (χ4v) is 1.92. The van der Waals surface area contributed by atoms with E-state index in [0.29, 0.717) is 17.9 Å². The van der Waals surface area contributed by atoms with Crippen LogP contribution in [0.3, 0.4) is 0 Å². The molecule has 0 aromatic carbocycles. The van der Waals surface area contributed by atoms with Crippen LogP contribution in [0.15, 0.2) is 12.1 Å². The van der Waals surface area contributed by atoms with E-state index >= 15 is 0 Å². The van der Waals surface area contributed by atoms with Crippen LogP contribution in [0.4, 0.5) is 5.82 Å². The summed E-state index contributed by atoms with van der Waals surface area (Å²) in [5.41, 5.74) is 1.28. The summed E-state index contributed by atoms with van der Waals surface area (Å²) >= 11 is 0. The van der Waals surface area contributed by atoms with Crippen molar-refractivity contribution in [2.24, 2.45) is 0 Å². The molecule has 0 saturated heterocycles. The van der Waals surface area contributed by atoms with Gasteiger partial charge in [-0.15, -0.1) is 0 Å². The highest BCUT2D eigenvalue weighted by Gasteiger charge is 2.17. The number of nitrogens with zero attached hydrogens (tertiary/aromatic N) is 4. The van der Waals surface area contributed by atoms with Crippen molar-refractivity contribution < 1.29 is 4.79 Å². The first kappa shape index (κ1) is 16.5. The van der Waals surface area contributed by atoms with Crippen molar-refractivity contribution >= 4 is 11.7 Å². The topological polar surface area (TPSA) is 92.8 Å². The summed E-state index contributed by atoms with van der Waals surface area (Å²) in [4.78, 5) is 18.1. The SMILES string of the molecule is CCCc1cc(C(=O)N(CC#N)CC#N)cc(NCC)n1. The van der Waals surface area contributed by atoms with Crippen LogP contribution in [0.5, 0.6) is 0 Å². The Hall–Kier alpha value is -2.60. The zero-order chi connectivity index (χ0) is 15.7. The Morgan fingerprint density at radius 2 is 1.95 bits per heavy atom. The molecule has 0 atom stereocenters. The van der Waals surface area contributed by atoms with Crippen molar-refractivity contribution in [3.05, 3.63) is 23.4 Å². The second-order valence-electron chi connectivity index (χ2n) is 4.49. The summed E-state index contributed by atoms with van der Waals surface area (Å²) in [5.74, 6) is 0.317. The maximum atomic E-state index is 12.4. The molecule has 1 aromatic rings. The summed E-state index contributed by atoms with van der Waals surface area (Å²) in [6, 6.07) is 7.20. The maximum Gasteiger partial charge on any atom is 0.255 e. The van der Waals surface area contributed by atoms with Gasteiger partial charge in [0.1, 0.15) is 18.9 Å². The molecule has 1 N–H and O–H groups in total. The molecule has 21 heavy (non-hydrogen) atoms. The van der Waals surface area contributed by atoms with E-state index < -0.39 is 0 Å². The van der Waals surface area contributed by atoms with Gasteiger partial charge in [-0.1, -0.05) is 13.3 Å². The number of nitrogens with one attached hydrogen (secondary N) is 1. The fraction of sp³-hybridized carbons (Fsp3) is 0.467. The molecule has 0 unspecified atom stereocenters. The monoisotopic (exact) mass is 285 g/mol. The molecule has 0 radical (unpaired) electrons. The first-order valence-electron chi connectivity index (χ1n) is 6.94. The van der Waals surface area contributed by atoms with Gasteiger partial charge in [-0.25, -0.2) is 4.98 Å². The molecular weight excluding hydrogens is 266 g/mol. The van der Waals surface area contributed by atoms with Crippen LogP contribution in [-0.4, -0.2) is 35.4 Å². The summed E-state index contributed by atoms with van der Waals surface area (Å²) in [6.45, 7) is 4.49. The first-order valence-corrected chi connectivity index (χ1v) is 6.94. The zero-order valence-corrected chi connectivity index (χ0v) is 12.4. The lowest BCUT2D eigenvalue weighted by Crippen LogP contribution is -2.32. The average molecular weight is 285 g/mol. The summed E-state index contributed by atoms with van der Waals surface area (Å²) in [6.07, 6.45) is 1.70. The van der Waals surface area contributed by atoms with E-state index in [-0.39, 0.29) is 19.0 Å². The van der Waals surface area contributed by atoms with E-state index in [1.54, 1.807) is 12.1 Å². The molecule has 110 valence electrons. The number of aromatic nitrogens is 1. The van der Waals surface area contributed by atoms with Gasteiger partial charge in [0.05, 0.1) is 12.1 Å². The molecule has 1 rings (SSSR count). The lowest BCUT2D eigenvalue weighted by atomic mass is 10.1. The average Bonchev–Trinajstić information content (AvgIpc) is 2.47. The minimum atomic E-state index is -0.322. The normalized spacial score (nSPS) is 9.52. The highest BCUT2D eigenvalue weighted by atomic mass is 16.2. The number of aryl methyl sites for hydroxylation is 1. The Bertz CT molecular complexity index is 530. The van der Waals surface area contributed by atoms with Crippen LogP contribution in [0.25, 0.3) is 0 Å². The predicted octanol–water partition coefficient (Wildman–Crippen LogP) is 1.96. The number of anilines is 1. The second kappa shape index (κ2) is 8.55. The van der Waals surface area contributed by atoms with Gasteiger partial charge < -0.3 is 10.2 Å². The summed E-state index contributed by atoms with van der Waals surface area (Å²) < 4.78 is 0. The Balaban J connectivity index is 3.11. The van der Waals surface area contributed by atoms with Gasteiger partial charge in [0, 0.05) is 17.8 Å². The van der Waals surface area contributed by atoms with Gasteiger partial charge in [0.25, 0.3) is 5.91 Å². The highest BCUT2D eigenvalue weighted by Crippen LogP contribution is 2.14. The molecule has 0 saturated carbocycles. The van der Waals surface area contributed by atoms with Crippen LogP contribution in [0.2, 0.25) is 0 Å². The van der Waals surface area contributed by atoms with Crippen LogP contribution < -0.4 is 5.32 Å². The van der Waals surface area contributed by atoms with Crippen molar-refractivity contribution in [2.45, 2.75) is 26.7 Å². The smallest absolute Gasteiger partial charge is 0.255 e. The van der Waals surface area contributed by atoms with Crippen molar-refractivity contribution in [1.82, 2.24) is 9.88 Å². The Morgan fingerprint density at radius 1 is 1.29 bits per heavy atom. The Kier molecular flexibility index (Phi) is 6.70. The van der Waals surface area contributed by atoms with E-state index in [0.717, 1.165) is 18.5 Å². The number of pyridine rings is 1. The third kappa shape index (κ3) is 4.77. The molecule has 0 aliphatic carbocycles. The van der Waals surface area contributed by atoms with Crippen LogP contribution >= 0.6 is 0 Å². The lowest BCUT2D eigenvalue weighted by Gasteiger charge is -2.17. The minimum absolute atomic E-state index is 0.103. The summed E-state index contributed by atoms with van der Waals surface area (Å²) in [7, 11) is 0. The summed E-state index contributed by atoms with van der Waals surface area (Å²) in [5, 5.41) is 20.6. The molecule has 0 spiro atoms. The molecule has 0 aliphatic heterocycles. The van der Waals surface area contributed by atoms with E-state index in [1.165, 1.54) is 4.90 Å². The quantitative estimate of drug-likeness (QED) is 0.773. The van der Waals surface area contributed by atoms with Gasteiger partial charge in [-0.2, -0.15) is 10.5 Å². The maximum absolute atomic E-state index is 12.4. The number of nitriles is 2. The van der Waals surface area contributed by atoms with Gasteiger partial charge in [0.2, 0.25) is 0 Å². The standard InChI is InChI=1S/C15H19N5O/c1-3-5-13-10-12(11-14(19-13)18-4-2)15(21)20(8-6-16)9-7-17/h10-11H,3-5,8-9H2,1-2H3,(H,18,19). The number of hydrogen-bond donors (Lipinski definition) is 1. The first-order chi connectivity index (χ1) is 10.2. The van der Waals surface area contributed by atoms with E-state index in [9.17, 15) is 4.79 Å². The molecule has 0 bridgehead atoms. The van der Waals surface area contributed by atoms with Crippen LogP contribution in [-0.2, 0) is 6.42 Å². The third-order valence-corrected chi connectivity index (χ3v) is 2.80. The molecular formula is C15H19N5O. The van der Waals surface area contributed by atoms with Gasteiger partial charge in [0.15, 0.2) is 0 Å². The molecule has 0 aliphatic rings. The third-order valence-electron chi connectivity index (χ3n) is 2.80.